The third-order valence-corrected chi connectivity index (χ3v) is 9.17. The number of sulfonamides is 1. The summed E-state index contributed by atoms with van der Waals surface area (Å²) in [4.78, 5) is 28.4. The Balaban J connectivity index is 1.72. The first-order valence-corrected chi connectivity index (χ1v) is 15.7. The molecule has 3 aromatic rings. The summed E-state index contributed by atoms with van der Waals surface area (Å²) in [6, 6.07) is 15.3. The highest BCUT2D eigenvalue weighted by atomic mass is 79.9. The minimum absolute atomic E-state index is 0.0503. The molecule has 0 saturated carbocycles. The molecule has 2 amide bonds. The Morgan fingerprint density at radius 2 is 1.69 bits per heavy atom. The fourth-order valence-electron chi connectivity index (χ4n) is 4.33. The van der Waals surface area contributed by atoms with Crippen LogP contribution < -0.4 is 19.1 Å². The highest BCUT2D eigenvalue weighted by Crippen LogP contribution is 2.34. The minimum atomic E-state index is -4.36. The van der Waals surface area contributed by atoms with Crippen LogP contribution in [0.3, 0.4) is 0 Å². The smallest absolute Gasteiger partial charge is 0.264 e. The van der Waals surface area contributed by atoms with Gasteiger partial charge in [-0.2, -0.15) is 0 Å². The normalized spacial score (nSPS) is 14.0. The van der Waals surface area contributed by atoms with Crippen LogP contribution in [0.2, 0.25) is 0 Å². The first kappa shape index (κ1) is 31.3. The monoisotopic (exact) mass is 661 g/mol. The molecule has 2 atom stereocenters. The van der Waals surface area contributed by atoms with Gasteiger partial charge in [0.1, 0.15) is 31.6 Å². The van der Waals surface area contributed by atoms with E-state index in [0.29, 0.717) is 18.8 Å². The van der Waals surface area contributed by atoms with E-state index in [1.165, 1.54) is 35.2 Å². The lowest BCUT2D eigenvalue weighted by molar-refractivity contribution is -0.139. The summed E-state index contributed by atoms with van der Waals surface area (Å²) >= 11 is 3.43. The number of hydrogen-bond acceptors (Lipinski definition) is 6. The third-order valence-electron chi connectivity index (χ3n) is 6.91. The number of halogens is 2. The van der Waals surface area contributed by atoms with Gasteiger partial charge in [-0.25, -0.2) is 12.8 Å². The molecule has 12 heteroatoms. The zero-order valence-corrected chi connectivity index (χ0v) is 26.0. The van der Waals surface area contributed by atoms with Gasteiger partial charge in [-0.05, 0) is 74.4 Å². The topological polar surface area (TPSA) is 105 Å². The van der Waals surface area contributed by atoms with Crippen LogP contribution >= 0.6 is 15.9 Å². The molecule has 0 radical (unpaired) electrons. The van der Waals surface area contributed by atoms with Gasteiger partial charge in [0, 0.05) is 23.1 Å². The second kappa shape index (κ2) is 13.6. The molecular weight excluding hydrogens is 629 g/mol. The highest BCUT2D eigenvalue weighted by molar-refractivity contribution is 9.10. The van der Waals surface area contributed by atoms with E-state index in [1.807, 2.05) is 38.1 Å². The van der Waals surface area contributed by atoms with Crippen molar-refractivity contribution in [3.05, 3.63) is 82.6 Å². The van der Waals surface area contributed by atoms with E-state index in [2.05, 4.69) is 21.2 Å². The number of fused-ring (bicyclic) bond motifs is 1. The van der Waals surface area contributed by atoms with Crippen molar-refractivity contribution in [2.24, 2.45) is 0 Å². The molecule has 0 fully saturated rings. The van der Waals surface area contributed by atoms with Crippen molar-refractivity contribution in [1.29, 1.82) is 0 Å². The molecule has 0 aromatic heterocycles. The molecule has 1 aliphatic rings. The van der Waals surface area contributed by atoms with Crippen LogP contribution in [0.15, 0.2) is 76.1 Å². The van der Waals surface area contributed by atoms with Crippen molar-refractivity contribution in [3.8, 4) is 11.5 Å². The first-order valence-electron chi connectivity index (χ1n) is 13.5. The zero-order valence-electron chi connectivity index (χ0n) is 23.5. The van der Waals surface area contributed by atoms with Crippen LogP contribution in [0.5, 0.6) is 11.5 Å². The number of anilines is 1. The number of carbonyl (C=O) groups is 2. The maximum absolute atomic E-state index is 14.0. The highest BCUT2D eigenvalue weighted by Gasteiger charge is 2.33. The number of nitrogens with zero attached hydrogens (tertiary/aromatic N) is 2. The van der Waals surface area contributed by atoms with E-state index < -0.39 is 34.3 Å². The van der Waals surface area contributed by atoms with Gasteiger partial charge in [-0.15, -0.1) is 0 Å². The van der Waals surface area contributed by atoms with Crippen molar-refractivity contribution in [1.82, 2.24) is 10.2 Å². The molecule has 0 bridgehead atoms. The van der Waals surface area contributed by atoms with Gasteiger partial charge in [0.15, 0.2) is 11.5 Å². The molecule has 0 spiro atoms. The maximum atomic E-state index is 14.0. The summed E-state index contributed by atoms with van der Waals surface area (Å²) in [6.45, 7) is 5.41. The molecular formula is C30H33BrFN3O6S. The van der Waals surface area contributed by atoms with Crippen LogP contribution in [-0.4, -0.2) is 57.0 Å². The summed E-state index contributed by atoms with van der Waals surface area (Å²) in [5.41, 5.74) is 0.822. The SMILES string of the molecule is CC[C@@H](C)NC(=O)[C@@H](C)N(Cc1cccc(Br)c1)C(=O)CN(c1ccc(F)cc1)S(=O)(=O)c1ccc2c(c1)OCCO2. The van der Waals surface area contributed by atoms with E-state index >= 15 is 0 Å². The second-order valence-electron chi connectivity index (χ2n) is 9.94. The Hall–Kier alpha value is -3.64. The summed E-state index contributed by atoms with van der Waals surface area (Å²) in [5.74, 6) is -0.874. The largest absolute Gasteiger partial charge is 0.486 e. The van der Waals surface area contributed by atoms with E-state index in [1.54, 1.807) is 6.92 Å². The summed E-state index contributed by atoms with van der Waals surface area (Å²) in [6.07, 6.45) is 0.699. The van der Waals surface area contributed by atoms with Gasteiger partial charge in [0.25, 0.3) is 10.0 Å². The summed E-state index contributed by atoms with van der Waals surface area (Å²) in [7, 11) is -4.36. The van der Waals surface area contributed by atoms with Crippen LogP contribution in [0.1, 0.15) is 32.8 Å². The average Bonchev–Trinajstić information content (AvgIpc) is 2.98. The van der Waals surface area contributed by atoms with Crippen molar-refractivity contribution >= 4 is 43.5 Å². The Morgan fingerprint density at radius 1 is 1.00 bits per heavy atom. The zero-order chi connectivity index (χ0) is 30.4. The van der Waals surface area contributed by atoms with Crippen LogP contribution in [0.4, 0.5) is 10.1 Å². The van der Waals surface area contributed by atoms with Crippen molar-refractivity contribution in [2.45, 2.75) is 50.7 Å². The minimum Gasteiger partial charge on any atom is -0.486 e. The van der Waals surface area contributed by atoms with Crippen LogP contribution in [0.25, 0.3) is 0 Å². The molecule has 0 aliphatic carbocycles. The van der Waals surface area contributed by atoms with Gasteiger partial charge in [0.2, 0.25) is 11.8 Å². The van der Waals surface area contributed by atoms with Crippen LogP contribution in [-0.2, 0) is 26.2 Å². The fourth-order valence-corrected chi connectivity index (χ4v) is 6.20. The van der Waals surface area contributed by atoms with E-state index in [0.717, 1.165) is 26.5 Å². The summed E-state index contributed by atoms with van der Waals surface area (Å²) < 4.78 is 54.7. The van der Waals surface area contributed by atoms with Crippen LogP contribution in [0, 0.1) is 5.82 Å². The van der Waals surface area contributed by atoms with Gasteiger partial charge in [0.05, 0.1) is 10.6 Å². The molecule has 1 heterocycles. The first-order chi connectivity index (χ1) is 20.0. The van der Waals surface area contributed by atoms with Gasteiger partial charge < -0.3 is 19.7 Å². The van der Waals surface area contributed by atoms with Gasteiger partial charge >= 0.3 is 0 Å². The molecule has 0 unspecified atom stereocenters. The molecule has 4 rings (SSSR count). The lowest BCUT2D eigenvalue weighted by atomic mass is 10.1. The molecule has 0 saturated heterocycles. The Labute approximate surface area is 253 Å². The lowest BCUT2D eigenvalue weighted by Crippen LogP contribution is -2.52. The number of benzene rings is 3. The number of amides is 2. The molecule has 224 valence electrons. The van der Waals surface area contributed by atoms with E-state index in [-0.39, 0.29) is 41.4 Å². The third kappa shape index (κ3) is 7.40. The number of ether oxygens (including phenoxy) is 2. The Bertz CT molecular complexity index is 1540. The Morgan fingerprint density at radius 3 is 2.36 bits per heavy atom. The molecule has 1 N–H and O–H groups in total. The van der Waals surface area contributed by atoms with Crippen molar-refractivity contribution in [3.63, 3.8) is 0 Å². The Kier molecular flexibility index (Phi) is 10.1. The maximum Gasteiger partial charge on any atom is 0.264 e. The molecule has 42 heavy (non-hydrogen) atoms. The predicted molar refractivity (Wildman–Crippen MR) is 160 cm³/mol. The summed E-state index contributed by atoms with van der Waals surface area (Å²) in [5, 5.41) is 2.90. The number of nitrogens with one attached hydrogen (secondary N) is 1. The number of carbonyl (C=O) groups excluding carboxylic acids is 2. The average molecular weight is 663 g/mol. The molecule has 1 aliphatic heterocycles. The van der Waals surface area contributed by atoms with Gasteiger partial charge in [-0.3, -0.25) is 13.9 Å². The standard InChI is InChI=1S/C30H33BrFN3O6S/c1-4-20(2)33-30(37)21(3)34(18-22-6-5-7-23(31)16-22)29(36)19-35(25-10-8-24(32)9-11-25)42(38,39)26-12-13-27-28(17-26)41-15-14-40-27/h5-13,16-17,20-21H,4,14-15,18-19H2,1-3H3,(H,33,37)/t20-,21-/m1/s1. The van der Waals surface area contributed by atoms with Crippen molar-refractivity contribution < 1.29 is 31.9 Å². The van der Waals surface area contributed by atoms with Crippen molar-refractivity contribution in [2.75, 3.05) is 24.1 Å². The van der Waals surface area contributed by atoms with Gasteiger partial charge in [-0.1, -0.05) is 35.0 Å². The van der Waals surface area contributed by atoms with E-state index in [4.69, 9.17) is 9.47 Å². The predicted octanol–water partition coefficient (Wildman–Crippen LogP) is 4.89. The lowest BCUT2D eigenvalue weighted by Gasteiger charge is -2.32. The second-order valence-corrected chi connectivity index (χ2v) is 12.7. The van der Waals surface area contributed by atoms with E-state index in [9.17, 15) is 22.4 Å². The number of hydrogen-bond donors (Lipinski definition) is 1. The number of rotatable bonds is 11. The molecule has 3 aromatic carbocycles. The fraction of sp³-hybridized carbons (Fsp3) is 0.333. The molecule has 9 nitrogen and oxygen atoms in total. The quantitative estimate of drug-likeness (QED) is 0.314.